The maximum Gasteiger partial charge on any atom is 0.302 e. The van der Waals surface area contributed by atoms with Crippen molar-refractivity contribution in [3.8, 4) is 5.75 Å². The summed E-state index contributed by atoms with van der Waals surface area (Å²) in [7, 11) is 0. The largest absolute Gasteiger partial charge is 0.490 e. The lowest BCUT2D eigenvalue weighted by Gasteiger charge is -2.21. The Kier molecular flexibility index (Phi) is 6.88. The summed E-state index contributed by atoms with van der Waals surface area (Å²) in [6.07, 6.45) is 3.55. The van der Waals surface area contributed by atoms with Crippen molar-refractivity contribution in [2.24, 2.45) is 0 Å². The second-order valence-corrected chi connectivity index (χ2v) is 8.42. The van der Waals surface area contributed by atoms with E-state index in [1.807, 2.05) is 12.1 Å². The summed E-state index contributed by atoms with van der Waals surface area (Å²) in [4.78, 5) is 10.8. The Morgan fingerprint density at radius 1 is 1.00 bits per heavy atom. The molecule has 4 heteroatoms. The molecule has 4 rings (SSSR count). The molecule has 31 heavy (non-hydrogen) atoms. The summed E-state index contributed by atoms with van der Waals surface area (Å²) in [6, 6.07) is 24.4. The first-order valence-corrected chi connectivity index (χ1v) is 11.2. The van der Waals surface area contributed by atoms with Crippen LogP contribution in [-0.4, -0.2) is 25.2 Å². The fraction of sp³-hybridized carbons (Fsp3) is 0.370. The molecule has 0 aliphatic heterocycles. The van der Waals surface area contributed by atoms with Gasteiger partial charge in [0.2, 0.25) is 0 Å². The first-order valence-electron chi connectivity index (χ1n) is 11.2. The minimum Gasteiger partial charge on any atom is -0.490 e. The molecule has 0 unspecified atom stereocenters. The number of benzene rings is 3. The number of carbonyl (C=O) groups excluding carboxylic acids is 1. The third-order valence-corrected chi connectivity index (χ3v) is 6.22. The third-order valence-electron chi connectivity index (χ3n) is 6.22. The van der Waals surface area contributed by atoms with Crippen molar-refractivity contribution in [1.82, 2.24) is 5.32 Å². The van der Waals surface area contributed by atoms with Gasteiger partial charge in [-0.15, -0.1) is 0 Å². The zero-order valence-corrected chi connectivity index (χ0v) is 18.3. The predicted octanol–water partition coefficient (Wildman–Crippen LogP) is 5.77. The van der Waals surface area contributed by atoms with E-state index in [-0.39, 0.29) is 12.6 Å². The molecule has 4 nitrogen and oxygen atoms in total. The van der Waals surface area contributed by atoms with E-state index in [1.54, 1.807) is 0 Å². The highest BCUT2D eigenvalue weighted by atomic mass is 16.6. The molecule has 3 aromatic carbocycles. The third kappa shape index (κ3) is 5.45. The Balaban J connectivity index is 1.31. The number of esters is 1. The highest BCUT2D eigenvalue weighted by Gasteiger charge is 2.27. The van der Waals surface area contributed by atoms with Gasteiger partial charge >= 0.3 is 5.97 Å². The lowest BCUT2D eigenvalue weighted by atomic mass is 9.96. The van der Waals surface area contributed by atoms with Gasteiger partial charge in [-0.2, -0.15) is 0 Å². The van der Waals surface area contributed by atoms with Crippen LogP contribution in [0.15, 0.2) is 66.7 Å². The van der Waals surface area contributed by atoms with E-state index in [9.17, 15) is 4.79 Å². The van der Waals surface area contributed by atoms with E-state index in [0.717, 1.165) is 12.2 Å². The molecule has 1 aliphatic rings. The van der Waals surface area contributed by atoms with Gasteiger partial charge in [-0.05, 0) is 66.1 Å². The number of fused-ring (bicyclic) bond motifs is 1. The van der Waals surface area contributed by atoms with Gasteiger partial charge in [-0.25, -0.2) is 0 Å². The highest BCUT2D eigenvalue weighted by molar-refractivity contribution is 5.86. The first kappa shape index (κ1) is 21.4. The van der Waals surface area contributed by atoms with Crippen LogP contribution in [-0.2, 0) is 9.53 Å². The Hall–Kier alpha value is -2.85. The van der Waals surface area contributed by atoms with Crippen molar-refractivity contribution in [3.63, 3.8) is 0 Å². The standard InChI is InChI=1S/C27H31NO3/c1-19(26-9-5-7-22-6-3-4-8-27(22)26)28-24-13-10-23(18-24)21-11-14-25(15-12-21)31-17-16-30-20(2)29/h3-9,11-12,14-15,19,23-24,28H,10,13,16-18H2,1-2H3/t19-,23-,24+/m1/s1. The number of hydrogen-bond acceptors (Lipinski definition) is 4. The van der Waals surface area contributed by atoms with Crippen LogP contribution >= 0.6 is 0 Å². The van der Waals surface area contributed by atoms with E-state index < -0.39 is 0 Å². The SMILES string of the molecule is CC(=O)OCCOc1ccc([C@@H]2CC[C@H](N[C@H](C)c3cccc4ccccc34)C2)cc1. The molecule has 1 fully saturated rings. The van der Waals surface area contributed by atoms with Crippen molar-refractivity contribution in [2.45, 2.75) is 51.1 Å². The zero-order valence-electron chi connectivity index (χ0n) is 18.3. The number of carbonyl (C=O) groups is 1. The van der Waals surface area contributed by atoms with Gasteiger partial charge in [-0.1, -0.05) is 54.6 Å². The Bertz CT molecular complexity index is 1010. The molecule has 0 spiro atoms. The zero-order chi connectivity index (χ0) is 21.6. The van der Waals surface area contributed by atoms with E-state index in [0.29, 0.717) is 24.6 Å². The fourth-order valence-corrected chi connectivity index (χ4v) is 4.69. The Labute approximate surface area is 184 Å². The molecule has 3 atom stereocenters. The van der Waals surface area contributed by atoms with Crippen LogP contribution in [0.4, 0.5) is 0 Å². The topological polar surface area (TPSA) is 47.6 Å². The van der Waals surface area contributed by atoms with Crippen molar-refractivity contribution < 1.29 is 14.3 Å². The van der Waals surface area contributed by atoms with Crippen molar-refractivity contribution in [1.29, 1.82) is 0 Å². The second-order valence-electron chi connectivity index (χ2n) is 8.42. The van der Waals surface area contributed by atoms with Crippen molar-refractivity contribution in [3.05, 3.63) is 77.9 Å². The van der Waals surface area contributed by atoms with Crippen LogP contribution in [0, 0.1) is 0 Å². The van der Waals surface area contributed by atoms with Crippen LogP contribution in [0.1, 0.15) is 56.2 Å². The maximum atomic E-state index is 10.8. The molecule has 0 amide bonds. The first-order chi connectivity index (χ1) is 15.1. The minimum atomic E-state index is -0.280. The summed E-state index contributed by atoms with van der Waals surface area (Å²) in [5, 5.41) is 6.51. The summed E-state index contributed by atoms with van der Waals surface area (Å²) in [5.74, 6) is 1.11. The lowest BCUT2D eigenvalue weighted by molar-refractivity contribution is -0.141. The Morgan fingerprint density at radius 3 is 2.58 bits per heavy atom. The van der Waals surface area contributed by atoms with Crippen molar-refractivity contribution in [2.75, 3.05) is 13.2 Å². The molecule has 1 N–H and O–H groups in total. The van der Waals surface area contributed by atoms with Gasteiger partial charge in [0.05, 0.1) is 0 Å². The minimum absolute atomic E-state index is 0.280. The molecular weight excluding hydrogens is 386 g/mol. The second kappa shape index (κ2) is 9.97. The summed E-state index contributed by atoms with van der Waals surface area (Å²) >= 11 is 0. The molecular formula is C27H31NO3. The maximum absolute atomic E-state index is 10.8. The molecule has 3 aromatic rings. The lowest BCUT2D eigenvalue weighted by Crippen LogP contribution is -2.29. The van der Waals surface area contributed by atoms with Crippen LogP contribution in [0.25, 0.3) is 10.8 Å². The van der Waals surface area contributed by atoms with E-state index in [4.69, 9.17) is 9.47 Å². The normalized spacial score (nSPS) is 19.3. The molecule has 162 valence electrons. The van der Waals surface area contributed by atoms with Gasteiger partial charge < -0.3 is 14.8 Å². The average molecular weight is 418 g/mol. The monoisotopic (exact) mass is 417 g/mol. The summed E-state index contributed by atoms with van der Waals surface area (Å²) in [5.41, 5.74) is 2.74. The predicted molar refractivity (Wildman–Crippen MR) is 124 cm³/mol. The van der Waals surface area contributed by atoms with Crippen molar-refractivity contribution >= 4 is 16.7 Å². The van der Waals surface area contributed by atoms with E-state index >= 15 is 0 Å². The average Bonchev–Trinajstić information content (AvgIpc) is 3.25. The van der Waals surface area contributed by atoms with Gasteiger partial charge in [0.25, 0.3) is 0 Å². The number of ether oxygens (including phenoxy) is 2. The van der Waals surface area contributed by atoms with Gasteiger partial charge in [0, 0.05) is 19.0 Å². The summed E-state index contributed by atoms with van der Waals surface area (Å²) in [6.45, 7) is 4.33. The Morgan fingerprint density at radius 2 is 1.77 bits per heavy atom. The molecule has 0 bridgehead atoms. The number of nitrogens with one attached hydrogen (secondary N) is 1. The molecule has 0 saturated heterocycles. The quantitative estimate of drug-likeness (QED) is 0.373. The fourth-order valence-electron chi connectivity index (χ4n) is 4.69. The van der Waals surface area contributed by atoms with E-state index in [1.165, 1.54) is 41.7 Å². The molecule has 0 aromatic heterocycles. The molecule has 1 aliphatic carbocycles. The smallest absolute Gasteiger partial charge is 0.302 e. The van der Waals surface area contributed by atoms with Gasteiger partial charge in [-0.3, -0.25) is 4.79 Å². The number of rotatable bonds is 8. The van der Waals surface area contributed by atoms with E-state index in [2.05, 4.69) is 66.8 Å². The van der Waals surface area contributed by atoms with Crippen LogP contribution in [0.3, 0.4) is 0 Å². The molecule has 0 radical (unpaired) electrons. The molecule has 0 heterocycles. The summed E-state index contributed by atoms with van der Waals surface area (Å²) < 4.78 is 10.5. The van der Waals surface area contributed by atoms with Gasteiger partial charge in [0.15, 0.2) is 0 Å². The van der Waals surface area contributed by atoms with Gasteiger partial charge in [0.1, 0.15) is 19.0 Å². The highest BCUT2D eigenvalue weighted by Crippen LogP contribution is 2.36. The van der Waals surface area contributed by atoms with Crippen LogP contribution < -0.4 is 10.1 Å². The van der Waals surface area contributed by atoms with Crippen LogP contribution in [0.5, 0.6) is 5.75 Å². The van der Waals surface area contributed by atoms with Crippen LogP contribution in [0.2, 0.25) is 0 Å². The number of hydrogen-bond donors (Lipinski definition) is 1. The molecule has 1 saturated carbocycles.